The molecule has 20 heavy (non-hydrogen) atoms. The second-order valence-corrected chi connectivity index (χ2v) is 5.33. The molecular formula is C16H13F3O. The number of halogens is 3. The maximum absolute atomic E-state index is 12.8. The van der Waals surface area contributed by atoms with Crippen LogP contribution >= 0.6 is 0 Å². The van der Waals surface area contributed by atoms with Gasteiger partial charge in [0, 0.05) is 17.4 Å². The number of allylic oxidation sites excluding steroid dienone is 4. The summed E-state index contributed by atoms with van der Waals surface area (Å²) in [5.41, 5.74) is 2.30. The predicted octanol–water partition coefficient (Wildman–Crippen LogP) is 4.17. The van der Waals surface area contributed by atoms with Gasteiger partial charge in [0.15, 0.2) is 0 Å². The fourth-order valence-corrected chi connectivity index (χ4v) is 3.29. The number of hydrogen-bond acceptors (Lipinski definition) is 1. The lowest BCUT2D eigenvalue weighted by Gasteiger charge is -2.19. The third kappa shape index (κ3) is 1.90. The van der Waals surface area contributed by atoms with E-state index < -0.39 is 12.0 Å². The summed E-state index contributed by atoms with van der Waals surface area (Å²) in [6, 6.07) is 8.91. The first-order chi connectivity index (χ1) is 9.39. The minimum absolute atomic E-state index is 0.0521. The third-order valence-electron chi connectivity index (χ3n) is 4.10. The molecule has 2 atom stereocenters. The molecule has 2 bridgehead atoms. The molecule has 0 fully saturated rings. The molecule has 0 heterocycles. The number of hydrogen-bond donors (Lipinski definition) is 0. The van der Waals surface area contributed by atoms with Crippen LogP contribution in [0.3, 0.4) is 0 Å². The predicted molar refractivity (Wildman–Crippen MR) is 69.8 cm³/mol. The van der Waals surface area contributed by atoms with Crippen molar-refractivity contribution in [2.24, 2.45) is 11.8 Å². The zero-order chi connectivity index (χ0) is 14.5. The van der Waals surface area contributed by atoms with Crippen LogP contribution in [0.1, 0.15) is 18.9 Å². The van der Waals surface area contributed by atoms with Gasteiger partial charge < -0.3 is 0 Å². The average Bonchev–Trinajstić information content (AvgIpc) is 2.94. The molecular weight excluding hydrogens is 265 g/mol. The van der Waals surface area contributed by atoms with Crippen LogP contribution < -0.4 is 0 Å². The van der Waals surface area contributed by atoms with Crippen molar-refractivity contribution >= 4 is 11.4 Å². The lowest BCUT2D eigenvalue weighted by molar-refractivity contribution is -0.166. The first kappa shape index (κ1) is 13.2. The molecule has 0 spiro atoms. The second kappa shape index (κ2) is 4.33. The van der Waals surface area contributed by atoms with E-state index in [4.69, 9.17) is 0 Å². The second-order valence-electron chi connectivity index (χ2n) is 5.33. The van der Waals surface area contributed by atoms with Gasteiger partial charge >= 0.3 is 6.18 Å². The van der Waals surface area contributed by atoms with Crippen LogP contribution in [0.15, 0.2) is 47.6 Å². The molecule has 3 rings (SSSR count). The number of carbonyl (C=O) groups is 1. The molecule has 1 aromatic carbocycles. The monoisotopic (exact) mass is 278 g/mol. The highest BCUT2D eigenvalue weighted by Crippen LogP contribution is 2.53. The number of Topliss-reactive ketones (excluding diaryl/α,β-unsaturated/α-hetero) is 1. The number of carbonyl (C=O) groups excluding carboxylic acids is 1. The molecule has 2 unspecified atom stereocenters. The van der Waals surface area contributed by atoms with E-state index in [1.807, 2.05) is 13.0 Å². The Bertz CT molecular complexity index is 623. The standard InChI is InChI=1S/C16H13F3O/c1-9-7-11-8-12(9)13(10-5-3-2-4-6-10)14(11)15(20)16(17,18)19/h2-7,11-12H,8H2,1H3. The number of alkyl halides is 3. The fraction of sp³-hybridized carbons (Fsp3) is 0.312. The Balaban J connectivity index is 2.14. The van der Waals surface area contributed by atoms with Crippen LogP contribution in [0.5, 0.6) is 0 Å². The molecule has 0 radical (unpaired) electrons. The topological polar surface area (TPSA) is 17.1 Å². The Morgan fingerprint density at radius 1 is 1.20 bits per heavy atom. The Morgan fingerprint density at radius 3 is 2.45 bits per heavy atom. The smallest absolute Gasteiger partial charge is 0.284 e. The summed E-state index contributed by atoms with van der Waals surface area (Å²) in [5.74, 6) is -2.12. The van der Waals surface area contributed by atoms with Crippen LogP contribution in [0, 0.1) is 11.8 Å². The lowest BCUT2D eigenvalue weighted by atomic mass is 9.85. The van der Waals surface area contributed by atoms with E-state index in [2.05, 4.69) is 0 Å². The van der Waals surface area contributed by atoms with Gasteiger partial charge in [0.1, 0.15) is 0 Å². The van der Waals surface area contributed by atoms with Crippen molar-refractivity contribution < 1.29 is 18.0 Å². The Morgan fingerprint density at radius 2 is 1.85 bits per heavy atom. The summed E-state index contributed by atoms with van der Waals surface area (Å²) in [6.45, 7) is 1.92. The fourth-order valence-electron chi connectivity index (χ4n) is 3.29. The highest BCUT2D eigenvalue weighted by atomic mass is 19.4. The maximum Gasteiger partial charge on any atom is 0.454 e. The summed E-state index contributed by atoms with van der Waals surface area (Å²) in [4.78, 5) is 11.7. The molecule has 2 aliphatic carbocycles. The van der Waals surface area contributed by atoms with E-state index in [1.54, 1.807) is 30.3 Å². The largest absolute Gasteiger partial charge is 0.454 e. The average molecular weight is 278 g/mol. The normalized spacial score (nSPS) is 25.1. The van der Waals surface area contributed by atoms with Gasteiger partial charge in [0.2, 0.25) is 0 Å². The summed E-state index contributed by atoms with van der Waals surface area (Å²) in [6.07, 6.45) is -2.41. The van der Waals surface area contributed by atoms with Crippen molar-refractivity contribution in [1.82, 2.24) is 0 Å². The number of rotatable bonds is 2. The van der Waals surface area contributed by atoms with Gasteiger partial charge in [0.05, 0.1) is 0 Å². The summed E-state index contributed by atoms with van der Waals surface area (Å²) < 4.78 is 38.4. The Hall–Kier alpha value is -1.84. The lowest BCUT2D eigenvalue weighted by Crippen LogP contribution is -2.27. The molecule has 1 nitrogen and oxygen atoms in total. The number of fused-ring (bicyclic) bond motifs is 2. The van der Waals surface area contributed by atoms with Crippen molar-refractivity contribution in [3.8, 4) is 0 Å². The molecule has 1 aromatic rings. The van der Waals surface area contributed by atoms with Crippen LogP contribution in [0.25, 0.3) is 5.57 Å². The highest BCUT2D eigenvalue weighted by molar-refractivity contribution is 6.08. The minimum atomic E-state index is -4.80. The molecule has 104 valence electrons. The highest BCUT2D eigenvalue weighted by Gasteiger charge is 2.49. The van der Waals surface area contributed by atoms with Gasteiger partial charge in [-0.25, -0.2) is 0 Å². The molecule has 0 saturated heterocycles. The van der Waals surface area contributed by atoms with Crippen molar-refractivity contribution in [3.63, 3.8) is 0 Å². The number of benzene rings is 1. The zero-order valence-corrected chi connectivity index (χ0v) is 10.9. The van der Waals surface area contributed by atoms with Gasteiger partial charge in [-0.1, -0.05) is 42.0 Å². The Kier molecular flexibility index (Phi) is 2.85. The van der Waals surface area contributed by atoms with Crippen LogP contribution in [-0.2, 0) is 4.79 Å². The third-order valence-corrected chi connectivity index (χ3v) is 4.10. The van der Waals surface area contributed by atoms with Gasteiger partial charge in [-0.05, 0) is 24.5 Å². The van der Waals surface area contributed by atoms with Crippen molar-refractivity contribution in [2.45, 2.75) is 19.5 Å². The van der Waals surface area contributed by atoms with Crippen molar-refractivity contribution in [2.75, 3.05) is 0 Å². The molecule has 0 aliphatic heterocycles. The van der Waals surface area contributed by atoms with Crippen LogP contribution in [0.2, 0.25) is 0 Å². The molecule has 4 heteroatoms. The van der Waals surface area contributed by atoms with E-state index >= 15 is 0 Å². The van der Waals surface area contributed by atoms with Crippen molar-refractivity contribution in [3.05, 3.63) is 53.1 Å². The van der Waals surface area contributed by atoms with Gasteiger partial charge in [-0.15, -0.1) is 0 Å². The van der Waals surface area contributed by atoms with E-state index in [9.17, 15) is 18.0 Å². The minimum Gasteiger partial charge on any atom is -0.284 e. The van der Waals surface area contributed by atoms with E-state index in [-0.39, 0.29) is 17.4 Å². The first-order valence-electron chi connectivity index (χ1n) is 6.49. The Labute approximate surface area is 114 Å². The van der Waals surface area contributed by atoms with E-state index in [1.165, 1.54) is 0 Å². The summed E-state index contributed by atoms with van der Waals surface area (Å²) >= 11 is 0. The van der Waals surface area contributed by atoms with Crippen molar-refractivity contribution in [1.29, 1.82) is 0 Å². The summed E-state index contributed by atoms with van der Waals surface area (Å²) in [5, 5.41) is 0. The van der Waals surface area contributed by atoms with Crippen LogP contribution in [-0.4, -0.2) is 12.0 Å². The van der Waals surface area contributed by atoms with Gasteiger partial charge in [-0.2, -0.15) is 13.2 Å². The van der Waals surface area contributed by atoms with Gasteiger partial charge in [-0.3, -0.25) is 4.79 Å². The van der Waals surface area contributed by atoms with E-state index in [0.29, 0.717) is 12.0 Å². The quantitative estimate of drug-likeness (QED) is 0.742. The van der Waals surface area contributed by atoms with Crippen LogP contribution in [0.4, 0.5) is 13.2 Å². The summed E-state index contributed by atoms with van der Waals surface area (Å²) in [7, 11) is 0. The molecule has 0 amide bonds. The van der Waals surface area contributed by atoms with E-state index in [0.717, 1.165) is 11.1 Å². The maximum atomic E-state index is 12.8. The first-order valence-corrected chi connectivity index (χ1v) is 6.49. The van der Waals surface area contributed by atoms with Gasteiger partial charge in [0.25, 0.3) is 5.78 Å². The molecule has 0 N–H and O–H groups in total. The molecule has 0 aromatic heterocycles. The SMILES string of the molecule is CC1=CC2CC1C(c1ccccc1)=C2C(=O)C(F)(F)F. The number of ketones is 1. The molecule has 0 saturated carbocycles. The zero-order valence-electron chi connectivity index (χ0n) is 10.9. The molecule has 2 aliphatic rings.